The number of esters is 1. The van der Waals surface area contributed by atoms with Crippen molar-refractivity contribution in [3.63, 3.8) is 0 Å². The van der Waals surface area contributed by atoms with Gasteiger partial charge in [0.25, 0.3) is 0 Å². The molecule has 3 rings (SSSR count). The maximum Gasteiger partial charge on any atom is 0.338 e. The zero-order valence-corrected chi connectivity index (χ0v) is 25.9. The van der Waals surface area contributed by atoms with Gasteiger partial charge in [-0.2, -0.15) is 0 Å². The van der Waals surface area contributed by atoms with E-state index in [0.717, 1.165) is 6.26 Å². The first-order chi connectivity index (χ1) is 22.9. The Morgan fingerprint density at radius 3 is 2.06 bits per heavy atom. The van der Waals surface area contributed by atoms with Crippen LogP contribution in [-0.4, -0.2) is 153 Å². The number of rotatable bonds is 17. The monoisotopic (exact) mass is 690 g/mol. The van der Waals surface area contributed by atoms with Gasteiger partial charge in [-0.15, -0.1) is 6.58 Å². The van der Waals surface area contributed by atoms with Gasteiger partial charge in [-0.3, -0.25) is 0 Å². The summed E-state index contributed by atoms with van der Waals surface area (Å²) >= 11 is 0. The third-order valence-corrected chi connectivity index (χ3v) is 7.44. The molecule has 0 bridgehead atoms. The molecule has 0 aliphatic carbocycles. The van der Waals surface area contributed by atoms with E-state index in [1.54, 1.807) is 0 Å². The van der Waals surface area contributed by atoms with Crippen LogP contribution in [0.15, 0.2) is 42.7 Å². The Labute approximate surface area is 274 Å². The smallest absolute Gasteiger partial charge is 0.338 e. The van der Waals surface area contributed by atoms with Gasteiger partial charge in [0.15, 0.2) is 17.8 Å². The zero-order valence-electron chi connectivity index (χ0n) is 25.9. The van der Waals surface area contributed by atoms with Crippen molar-refractivity contribution in [2.45, 2.75) is 87.0 Å². The first-order valence-corrected chi connectivity index (χ1v) is 14.8. The number of hydrogen-bond donors (Lipinski definition) is 9. The van der Waals surface area contributed by atoms with Gasteiger partial charge in [-0.25, -0.2) is 9.59 Å². The first-order valence-electron chi connectivity index (χ1n) is 14.8. The minimum atomic E-state index is -1.71. The fraction of sp³-hybridized carbons (Fsp3) is 0.600. The van der Waals surface area contributed by atoms with E-state index in [9.17, 15) is 55.5 Å². The van der Waals surface area contributed by atoms with E-state index in [0.29, 0.717) is 0 Å². The van der Waals surface area contributed by atoms with Crippen LogP contribution in [0.5, 0.6) is 11.5 Å². The number of hydrogen-bond acceptors (Lipinski definition) is 17. The Bertz CT molecular complexity index is 1240. The third-order valence-electron chi connectivity index (χ3n) is 7.44. The molecule has 2 aliphatic rings. The Morgan fingerprint density at radius 2 is 1.50 bits per heavy atom. The molecule has 2 saturated heterocycles. The second kappa shape index (κ2) is 18.4. The van der Waals surface area contributed by atoms with Gasteiger partial charge >= 0.3 is 11.9 Å². The number of benzene rings is 1. The summed E-state index contributed by atoms with van der Waals surface area (Å²) < 4.78 is 37.6. The summed E-state index contributed by atoms with van der Waals surface area (Å²) in [7, 11) is 1.28. The topological polar surface area (TPSA) is 281 Å². The highest BCUT2D eigenvalue weighted by Gasteiger charge is 2.46. The highest BCUT2D eigenvalue weighted by molar-refractivity contribution is 5.90. The second-order valence-corrected chi connectivity index (χ2v) is 10.8. The number of aliphatic hydroxyl groups excluding tert-OH is 8. The normalized spacial score (nSPS) is 31.4. The van der Waals surface area contributed by atoms with Crippen LogP contribution in [0.1, 0.15) is 29.6 Å². The molecule has 0 aromatic heterocycles. The summed E-state index contributed by atoms with van der Waals surface area (Å²) in [5, 5.41) is 88.6. The Morgan fingerprint density at radius 1 is 0.896 bits per heavy atom. The van der Waals surface area contributed by atoms with Gasteiger partial charge in [0.05, 0.1) is 44.3 Å². The van der Waals surface area contributed by atoms with Gasteiger partial charge in [0.1, 0.15) is 48.8 Å². The number of aliphatic carboxylic acids is 1. The van der Waals surface area contributed by atoms with Gasteiger partial charge in [-0.05, 0) is 31.0 Å². The van der Waals surface area contributed by atoms with Crippen LogP contribution in [0.3, 0.4) is 0 Å². The molecule has 18 heteroatoms. The van der Waals surface area contributed by atoms with Gasteiger partial charge in [-0.1, -0.05) is 6.08 Å². The zero-order chi connectivity index (χ0) is 35.5. The number of carboxylic acid groups (broad SMARTS) is 1. The maximum atomic E-state index is 12.7. The van der Waals surface area contributed by atoms with Crippen LogP contribution in [0.2, 0.25) is 0 Å². The van der Waals surface area contributed by atoms with Gasteiger partial charge in [0, 0.05) is 6.42 Å². The van der Waals surface area contributed by atoms with Crippen LogP contribution >= 0.6 is 0 Å². The summed E-state index contributed by atoms with van der Waals surface area (Å²) in [4.78, 5) is 24.5. The Balaban J connectivity index is 1.55. The predicted molar refractivity (Wildman–Crippen MR) is 157 cm³/mol. The van der Waals surface area contributed by atoms with E-state index < -0.39 is 92.9 Å². The molecular weight excluding hydrogens is 648 g/mol. The van der Waals surface area contributed by atoms with E-state index >= 15 is 0 Å². The highest BCUT2D eigenvalue weighted by Crippen LogP contribution is 2.32. The second-order valence-electron chi connectivity index (χ2n) is 10.8. The lowest BCUT2D eigenvalue weighted by atomic mass is 9.99. The molecule has 0 spiro atoms. The fourth-order valence-electron chi connectivity index (χ4n) is 4.68. The van der Waals surface area contributed by atoms with Gasteiger partial charge < -0.3 is 79.1 Å². The number of aliphatic hydroxyl groups is 8. The minimum Gasteiger partial charge on any atom is -0.493 e. The average molecular weight is 691 g/mol. The van der Waals surface area contributed by atoms with Crippen molar-refractivity contribution in [2.75, 3.05) is 26.9 Å². The molecule has 0 radical (unpaired) electrons. The maximum absolute atomic E-state index is 12.7. The van der Waals surface area contributed by atoms with E-state index in [-0.39, 0.29) is 48.5 Å². The molecule has 0 saturated carbocycles. The molecule has 11 unspecified atom stereocenters. The molecular formula is C30H42O18. The largest absolute Gasteiger partial charge is 0.493 e. The molecule has 1 aromatic carbocycles. The molecule has 9 N–H and O–H groups in total. The van der Waals surface area contributed by atoms with Crippen LogP contribution in [0.4, 0.5) is 0 Å². The number of carbonyl (C=O) groups excluding carboxylic acids is 1. The summed E-state index contributed by atoms with van der Waals surface area (Å²) in [6.07, 6.45) is -14.4. The lowest BCUT2D eigenvalue weighted by molar-refractivity contribution is -0.331. The van der Waals surface area contributed by atoms with Crippen LogP contribution in [0.25, 0.3) is 0 Å². The van der Waals surface area contributed by atoms with E-state index in [4.69, 9.17) is 33.2 Å². The number of carboxylic acids is 1. The van der Waals surface area contributed by atoms with Crippen molar-refractivity contribution < 1.29 is 88.7 Å². The molecule has 2 aliphatic heterocycles. The molecule has 1 aromatic rings. The molecule has 11 atom stereocenters. The predicted octanol–water partition coefficient (Wildman–Crippen LogP) is -2.49. The van der Waals surface area contributed by atoms with Crippen molar-refractivity contribution >= 4 is 11.9 Å². The van der Waals surface area contributed by atoms with Crippen molar-refractivity contribution in [1.82, 2.24) is 0 Å². The van der Waals surface area contributed by atoms with Crippen molar-refractivity contribution in [1.29, 1.82) is 0 Å². The molecule has 48 heavy (non-hydrogen) atoms. The molecule has 2 fully saturated rings. The minimum absolute atomic E-state index is 0.0000946. The Kier molecular flexibility index (Phi) is 15.0. The van der Waals surface area contributed by atoms with Crippen LogP contribution in [0, 0.1) is 0 Å². The summed E-state index contributed by atoms with van der Waals surface area (Å²) in [6.45, 7) is 2.02. The van der Waals surface area contributed by atoms with E-state index in [1.165, 1.54) is 31.4 Å². The van der Waals surface area contributed by atoms with Gasteiger partial charge in [0.2, 0.25) is 12.6 Å². The highest BCUT2D eigenvalue weighted by atomic mass is 16.8. The number of ether oxygens (including phenoxy) is 7. The lowest BCUT2D eigenvalue weighted by Gasteiger charge is -2.40. The SMILES string of the molecule is C=CCC(OC=C(CCCOC(=O)c1ccc(OC2OC(CO)C(O)C(O)C2O)c(OC)c1)C(=O)O)OC1OC(CO)C(O)C(O)C1O. The Hall–Kier alpha value is -3.40. The quantitative estimate of drug-likeness (QED) is 0.0204. The fourth-order valence-corrected chi connectivity index (χ4v) is 4.68. The lowest BCUT2D eigenvalue weighted by Crippen LogP contribution is -2.60. The molecule has 270 valence electrons. The summed E-state index contributed by atoms with van der Waals surface area (Å²) in [5.74, 6) is -2.11. The van der Waals surface area contributed by atoms with Crippen molar-refractivity contribution in [3.8, 4) is 11.5 Å². The van der Waals surface area contributed by atoms with E-state index in [2.05, 4.69) is 6.58 Å². The number of carbonyl (C=O) groups is 2. The molecule has 0 amide bonds. The van der Waals surface area contributed by atoms with Crippen LogP contribution in [-0.2, 0) is 28.5 Å². The average Bonchev–Trinajstić information content (AvgIpc) is 3.07. The van der Waals surface area contributed by atoms with Crippen LogP contribution < -0.4 is 9.47 Å². The third kappa shape index (κ3) is 9.83. The van der Waals surface area contributed by atoms with Crippen molar-refractivity contribution in [3.05, 3.63) is 48.3 Å². The van der Waals surface area contributed by atoms with Crippen molar-refractivity contribution in [2.24, 2.45) is 0 Å². The molecule has 2 heterocycles. The first kappa shape index (κ1) is 39.0. The number of methoxy groups -OCH3 is 1. The summed E-state index contributed by atoms with van der Waals surface area (Å²) in [5.41, 5.74) is -0.197. The summed E-state index contributed by atoms with van der Waals surface area (Å²) in [6, 6.07) is 3.90. The molecule has 18 nitrogen and oxygen atoms in total. The van der Waals surface area contributed by atoms with E-state index in [1.807, 2.05) is 0 Å². The standard InChI is InChI=1S/C30H42O18/c1-3-5-20(48-30-26(38)24(36)22(34)19(12-32)47-30)44-13-15(27(39)40)6-4-9-43-28(41)14-7-8-16(17(10-14)42-2)45-29-25(37)23(35)21(33)18(11-31)46-29/h3,7-8,10,13,18-26,29-38H,1,4-6,9,11-12H2,2H3,(H,39,40).